The van der Waals surface area contributed by atoms with E-state index in [2.05, 4.69) is 10.6 Å². The zero-order valence-electron chi connectivity index (χ0n) is 11.7. The summed E-state index contributed by atoms with van der Waals surface area (Å²) in [7, 11) is 0. The van der Waals surface area contributed by atoms with Crippen molar-refractivity contribution in [1.82, 2.24) is 5.32 Å². The van der Waals surface area contributed by atoms with Crippen molar-refractivity contribution in [1.29, 1.82) is 0 Å². The van der Waals surface area contributed by atoms with Crippen molar-refractivity contribution < 1.29 is 19.1 Å². The quantitative estimate of drug-likeness (QED) is 0.682. The number of amides is 3. The van der Waals surface area contributed by atoms with Gasteiger partial charge in [-0.25, -0.2) is 4.79 Å². The lowest BCUT2D eigenvalue weighted by Gasteiger charge is -2.14. The monoisotopic (exact) mass is 347 g/mol. The van der Waals surface area contributed by atoms with E-state index < -0.39 is 24.0 Å². The van der Waals surface area contributed by atoms with E-state index >= 15 is 0 Å². The van der Waals surface area contributed by atoms with Gasteiger partial charge in [-0.15, -0.1) is 0 Å². The van der Waals surface area contributed by atoms with Crippen molar-refractivity contribution >= 4 is 46.8 Å². The van der Waals surface area contributed by atoms with Crippen LogP contribution in [-0.4, -0.2) is 30.6 Å². The number of esters is 1. The Kier molecular flexibility index (Phi) is 6.94. The minimum Gasteiger partial charge on any atom is -0.452 e. The molecular formula is C13H15Cl2N3O4. The molecule has 1 atom stereocenters. The molecule has 0 spiro atoms. The number of halogens is 2. The second-order valence-corrected chi connectivity index (χ2v) is 5.19. The van der Waals surface area contributed by atoms with Crippen LogP contribution >= 0.6 is 23.2 Å². The zero-order chi connectivity index (χ0) is 16.7. The highest BCUT2D eigenvalue weighted by Gasteiger charge is 2.18. The molecule has 9 heteroatoms. The number of anilines is 1. The van der Waals surface area contributed by atoms with Crippen molar-refractivity contribution in [2.24, 2.45) is 5.73 Å². The fraction of sp³-hybridized carbons (Fsp3) is 0.308. The molecule has 1 rings (SSSR count). The van der Waals surface area contributed by atoms with Gasteiger partial charge in [-0.3, -0.25) is 9.59 Å². The lowest BCUT2D eigenvalue weighted by atomic mass is 10.3. The number of ether oxygens (including phenoxy) is 1. The van der Waals surface area contributed by atoms with Gasteiger partial charge in [0.05, 0.1) is 6.42 Å². The lowest BCUT2D eigenvalue weighted by Crippen LogP contribution is -2.33. The molecule has 0 unspecified atom stereocenters. The van der Waals surface area contributed by atoms with Gasteiger partial charge >= 0.3 is 12.0 Å². The number of benzene rings is 1. The Morgan fingerprint density at radius 2 is 1.82 bits per heavy atom. The SMILES string of the molecule is C[C@H](OC(=O)CCNC(N)=O)C(=O)Nc1cc(Cl)cc(Cl)c1. The molecule has 0 bridgehead atoms. The third-order valence-corrected chi connectivity index (χ3v) is 2.87. The molecule has 1 aromatic rings. The molecule has 3 amide bonds. The summed E-state index contributed by atoms with van der Waals surface area (Å²) in [5.41, 5.74) is 5.24. The van der Waals surface area contributed by atoms with Gasteiger partial charge in [0.25, 0.3) is 5.91 Å². The third-order valence-electron chi connectivity index (χ3n) is 2.44. The van der Waals surface area contributed by atoms with Crippen molar-refractivity contribution in [2.45, 2.75) is 19.4 Å². The summed E-state index contributed by atoms with van der Waals surface area (Å²) < 4.78 is 4.92. The van der Waals surface area contributed by atoms with Gasteiger partial charge in [-0.2, -0.15) is 0 Å². The fourth-order valence-corrected chi connectivity index (χ4v) is 1.99. The molecule has 0 aliphatic heterocycles. The lowest BCUT2D eigenvalue weighted by molar-refractivity contribution is -0.153. The average molecular weight is 348 g/mol. The van der Waals surface area contributed by atoms with Crippen LogP contribution in [0.2, 0.25) is 10.0 Å². The van der Waals surface area contributed by atoms with Gasteiger partial charge in [0, 0.05) is 22.3 Å². The topological polar surface area (TPSA) is 111 Å². The molecule has 0 saturated carbocycles. The van der Waals surface area contributed by atoms with Crippen LogP contribution in [-0.2, 0) is 14.3 Å². The van der Waals surface area contributed by atoms with Crippen LogP contribution in [0.1, 0.15) is 13.3 Å². The summed E-state index contributed by atoms with van der Waals surface area (Å²) in [5, 5.41) is 5.50. The van der Waals surface area contributed by atoms with Gasteiger partial charge in [-0.1, -0.05) is 23.2 Å². The summed E-state index contributed by atoms with van der Waals surface area (Å²) in [4.78, 5) is 33.8. The highest BCUT2D eigenvalue weighted by Crippen LogP contribution is 2.22. The van der Waals surface area contributed by atoms with Crippen molar-refractivity contribution in [3.8, 4) is 0 Å². The number of urea groups is 1. The molecule has 7 nitrogen and oxygen atoms in total. The summed E-state index contributed by atoms with van der Waals surface area (Å²) in [6.07, 6.45) is -1.11. The first kappa shape index (κ1) is 18.1. The van der Waals surface area contributed by atoms with Crippen LogP contribution in [0, 0.1) is 0 Å². The molecule has 22 heavy (non-hydrogen) atoms. The van der Waals surface area contributed by atoms with Crippen LogP contribution in [0.3, 0.4) is 0 Å². The largest absolute Gasteiger partial charge is 0.452 e. The molecule has 0 saturated heterocycles. The number of hydrogen-bond donors (Lipinski definition) is 3. The normalized spacial score (nSPS) is 11.4. The molecule has 0 aromatic heterocycles. The minimum atomic E-state index is -1.01. The van der Waals surface area contributed by atoms with Gasteiger partial charge in [-0.05, 0) is 25.1 Å². The minimum absolute atomic E-state index is 0.0341. The Morgan fingerprint density at radius 3 is 2.36 bits per heavy atom. The van der Waals surface area contributed by atoms with Crippen molar-refractivity contribution in [2.75, 3.05) is 11.9 Å². The standard InChI is InChI=1S/C13H15Cl2N3O4/c1-7(22-11(19)2-3-17-13(16)21)12(20)18-10-5-8(14)4-9(15)6-10/h4-7H,2-3H2,1H3,(H,18,20)(H3,16,17,21)/t7-/m0/s1. The highest BCUT2D eigenvalue weighted by atomic mass is 35.5. The number of hydrogen-bond acceptors (Lipinski definition) is 4. The first-order valence-corrected chi connectivity index (χ1v) is 7.03. The van der Waals surface area contributed by atoms with Gasteiger partial charge in [0.2, 0.25) is 0 Å². The molecular weight excluding hydrogens is 333 g/mol. The Bertz CT molecular complexity index is 560. The van der Waals surface area contributed by atoms with Gasteiger partial charge in [0.1, 0.15) is 0 Å². The first-order valence-electron chi connectivity index (χ1n) is 6.27. The van der Waals surface area contributed by atoms with Crippen molar-refractivity contribution in [3.63, 3.8) is 0 Å². The third kappa shape index (κ3) is 6.64. The average Bonchev–Trinajstić information content (AvgIpc) is 2.36. The summed E-state index contributed by atoms with van der Waals surface area (Å²) >= 11 is 11.6. The molecule has 0 radical (unpaired) electrons. The zero-order valence-corrected chi connectivity index (χ0v) is 13.2. The van der Waals surface area contributed by atoms with E-state index in [1.807, 2.05) is 0 Å². The van der Waals surface area contributed by atoms with Gasteiger partial charge < -0.3 is 21.1 Å². The number of primary amides is 1. The molecule has 4 N–H and O–H groups in total. The second-order valence-electron chi connectivity index (χ2n) is 4.32. The van der Waals surface area contributed by atoms with Crippen LogP contribution in [0.4, 0.5) is 10.5 Å². The number of carbonyl (C=O) groups excluding carboxylic acids is 3. The molecule has 0 fully saturated rings. The highest BCUT2D eigenvalue weighted by molar-refractivity contribution is 6.35. The molecule has 1 aromatic carbocycles. The molecule has 0 heterocycles. The smallest absolute Gasteiger partial charge is 0.312 e. The van der Waals surface area contributed by atoms with Crippen LogP contribution in [0.15, 0.2) is 18.2 Å². The maximum atomic E-state index is 11.9. The van der Waals surface area contributed by atoms with E-state index in [4.69, 9.17) is 33.7 Å². The molecule has 0 aliphatic rings. The summed E-state index contributed by atoms with van der Waals surface area (Å²) in [6.45, 7) is 1.45. The van der Waals surface area contributed by atoms with E-state index in [1.165, 1.54) is 25.1 Å². The molecule has 120 valence electrons. The van der Waals surface area contributed by atoms with Crippen LogP contribution in [0.5, 0.6) is 0 Å². The van der Waals surface area contributed by atoms with Gasteiger partial charge in [0.15, 0.2) is 6.10 Å². The van der Waals surface area contributed by atoms with Crippen LogP contribution in [0.25, 0.3) is 0 Å². The Balaban J connectivity index is 2.47. The predicted octanol–water partition coefficient (Wildman–Crippen LogP) is 1.92. The Hall–Kier alpha value is -1.99. The van der Waals surface area contributed by atoms with Crippen molar-refractivity contribution in [3.05, 3.63) is 28.2 Å². The second kappa shape index (κ2) is 8.45. The number of nitrogens with one attached hydrogen (secondary N) is 2. The first-order chi connectivity index (χ1) is 10.3. The number of rotatable bonds is 6. The van der Waals surface area contributed by atoms with E-state index in [-0.39, 0.29) is 13.0 Å². The Labute approximate surface area is 137 Å². The number of carbonyl (C=O) groups is 3. The number of nitrogens with two attached hydrogens (primary N) is 1. The van der Waals surface area contributed by atoms with E-state index in [1.54, 1.807) is 0 Å². The van der Waals surface area contributed by atoms with E-state index in [9.17, 15) is 14.4 Å². The maximum Gasteiger partial charge on any atom is 0.312 e. The Morgan fingerprint density at radius 1 is 1.23 bits per heavy atom. The molecule has 0 aliphatic carbocycles. The van der Waals surface area contributed by atoms with E-state index in [0.717, 1.165) is 0 Å². The fourth-order valence-electron chi connectivity index (χ4n) is 1.47. The van der Waals surface area contributed by atoms with Crippen LogP contribution < -0.4 is 16.4 Å². The van der Waals surface area contributed by atoms with E-state index in [0.29, 0.717) is 15.7 Å². The summed E-state index contributed by atoms with van der Waals surface area (Å²) in [6, 6.07) is 3.80. The predicted molar refractivity (Wildman–Crippen MR) is 82.8 cm³/mol. The summed E-state index contributed by atoms with van der Waals surface area (Å²) in [5.74, 6) is -1.17. The maximum absolute atomic E-state index is 11.9.